The maximum atomic E-state index is 12.9. The third kappa shape index (κ3) is 7.09. The van der Waals surface area contributed by atoms with Crippen LogP contribution in [0.4, 0.5) is 5.69 Å². The molecule has 1 saturated heterocycles. The van der Waals surface area contributed by atoms with Crippen molar-refractivity contribution in [1.29, 1.82) is 0 Å². The van der Waals surface area contributed by atoms with E-state index in [0.29, 0.717) is 29.8 Å². The number of carbonyl (C=O) groups is 1. The zero-order valence-electron chi connectivity index (χ0n) is 21.2. The van der Waals surface area contributed by atoms with Crippen molar-refractivity contribution in [3.8, 4) is 5.75 Å². The van der Waals surface area contributed by atoms with E-state index < -0.39 is 0 Å². The normalized spacial score (nSPS) is 14.8. The molecule has 0 atom stereocenters. The number of aromatic nitrogens is 2. The van der Waals surface area contributed by atoms with Gasteiger partial charge >= 0.3 is 0 Å². The molecule has 36 heavy (non-hydrogen) atoms. The molecule has 0 aliphatic carbocycles. The second-order valence-electron chi connectivity index (χ2n) is 9.94. The lowest BCUT2D eigenvalue weighted by Gasteiger charge is -2.29. The molecule has 0 radical (unpaired) electrons. The van der Waals surface area contributed by atoms with Crippen LogP contribution < -0.4 is 10.1 Å². The topological polar surface area (TPSA) is 79.6 Å². The van der Waals surface area contributed by atoms with Crippen LogP contribution in [0.2, 0.25) is 5.02 Å². The molecule has 2 aromatic carbocycles. The Balaban J connectivity index is 1.38. The highest BCUT2D eigenvalue weighted by Crippen LogP contribution is 2.25. The lowest BCUT2D eigenvalue weighted by molar-refractivity contribution is 0.0792. The first-order chi connectivity index (χ1) is 17.3. The minimum atomic E-state index is -0.253. The zero-order valence-corrected chi connectivity index (χ0v) is 22.0. The number of carbonyl (C=O) groups excluding carboxylic acids is 1. The van der Waals surface area contributed by atoms with Gasteiger partial charge in [-0.1, -0.05) is 37.6 Å². The van der Waals surface area contributed by atoms with Gasteiger partial charge in [0.1, 0.15) is 5.75 Å². The first-order valence-electron chi connectivity index (χ1n) is 12.5. The molecule has 0 saturated carbocycles. The molecule has 2 N–H and O–H groups in total. The Labute approximate surface area is 218 Å². The molecule has 1 aliphatic rings. The zero-order chi connectivity index (χ0) is 25.7. The van der Waals surface area contributed by atoms with Crippen LogP contribution in [0.25, 0.3) is 0 Å². The van der Waals surface area contributed by atoms with Crippen LogP contribution in [0.5, 0.6) is 5.75 Å². The van der Waals surface area contributed by atoms with Crippen LogP contribution in [0.15, 0.2) is 48.5 Å². The Bertz CT molecular complexity index is 1170. The third-order valence-electron chi connectivity index (χ3n) is 6.30. The van der Waals surface area contributed by atoms with Gasteiger partial charge < -0.3 is 15.2 Å². The van der Waals surface area contributed by atoms with Gasteiger partial charge in [-0.05, 0) is 67.6 Å². The number of piperidine rings is 1. The molecule has 1 aliphatic heterocycles. The van der Waals surface area contributed by atoms with Gasteiger partial charge in [0.15, 0.2) is 5.69 Å². The molecule has 4 rings (SSSR count). The minimum absolute atomic E-state index is 0.170. The van der Waals surface area contributed by atoms with Gasteiger partial charge in [-0.3, -0.25) is 14.4 Å². The van der Waals surface area contributed by atoms with Crippen LogP contribution >= 0.6 is 11.6 Å². The molecule has 0 bridgehead atoms. The van der Waals surface area contributed by atoms with E-state index in [-0.39, 0.29) is 12.0 Å². The number of aryl methyl sites for hydroxylation is 1. The fraction of sp³-hybridized carbons (Fsp3) is 0.429. The monoisotopic (exact) mass is 510 g/mol. The summed E-state index contributed by atoms with van der Waals surface area (Å²) >= 11 is 6.24. The number of aliphatic hydroxyl groups excluding tert-OH is 1. The first-order valence-corrected chi connectivity index (χ1v) is 12.9. The number of halogens is 1. The predicted molar refractivity (Wildman–Crippen MR) is 143 cm³/mol. The van der Waals surface area contributed by atoms with Crippen molar-refractivity contribution in [2.45, 2.75) is 52.8 Å². The van der Waals surface area contributed by atoms with E-state index in [2.05, 4.69) is 29.2 Å². The second-order valence-corrected chi connectivity index (χ2v) is 10.4. The number of anilines is 1. The van der Waals surface area contributed by atoms with E-state index in [1.165, 1.54) is 5.56 Å². The van der Waals surface area contributed by atoms with Crippen molar-refractivity contribution in [2.24, 2.45) is 5.92 Å². The van der Waals surface area contributed by atoms with Crippen molar-refractivity contribution in [3.05, 3.63) is 76.1 Å². The number of nitrogens with one attached hydrogen (secondary N) is 1. The Morgan fingerprint density at radius 3 is 2.56 bits per heavy atom. The number of ether oxygens (including phenoxy) is 1. The Morgan fingerprint density at radius 2 is 1.86 bits per heavy atom. The van der Waals surface area contributed by atoms with Crippen molar-refractivity contribution >= 4 is 23.2 Å². The summed E-state index contributed by atoms with van der Waals surface area (Å²) < 4.78 is 7.76. The molecule has 2 heterocycles. The number of likely N-dealkylation sites (tertiary alicyclic amines) is 1. The molecular weight excluding hydrogens is 476 g/mol. The molecule has 7 nitrogen and oxygen atoms in total. The van der Waals surface area contributed by atoms with Crippen molar-refractivity contribution in [2.75, 3.05) is 25.0 Å². The fourth-order valence-corrected chi connectivity index (χ4v) is 4.43. The van der Waals surface area contributed by atoms with Gasteiger partial charge in [0.25, 0.3) is 5.91 Å². The molecule has 3 aromatic rings. The molecule has 0 spiro atoms. The van der Waals surface area contributed by atoms with Crippen LogP contribution in [0.1, 0.15) is 54.0 Å². The van der Waals surface area contributed by atoms with Crippen LogP contribution in [0, 0.1) is 12.8 Å². The standard InChI is InChI=1S/C28H35ClN4O3/c1-19(2)18-36-27-9-6-23(29)15-22(27)17-33-20(3)14-26(31-33)28(35)30-24-7-4-21(5-8-24)16-32-12-10-25(34)11-13-32/h4-9,14-15,19,25,34H,10-13,16-18H2,1-3H3,(H,30,35). The molecular formula is C28H35ClN4O3. The average molecular weight is 511 g/mol. The van der Waals surface area contributed by atoms with E-state index in [1.807, 2.05) is 49.4 Å². The number of benzene rings is 2. The van der Waals surface area contributed by atoms with E-state index in [9.17, 15) is 9.90 Å². The Kier molecular flexibility index (Phi) is 8.67. The first kappa shape index (κ1) is 26.2. The third-order valence-corrected chi connectivity index (χ3v) is 6.54. The fourth-order valence-electron chi connectivity index (χ4n) is 4.24. The van der Waals surface area contributed by atoms with Crippen molar-refractivity contribution in [3.63, 3.8) is 0 Å². The van der Waals surface area contributed by atoms with E-state index in [0.717, 1.165) is 55.2 Å². The van der Waals surface area contributed by atoms with Gasteiger partial charge in [0, 0.05) is 41.6 Å². The highest BCUT2D eigenvalue weighted by Gasteiger charge is 2.18. The molecule has 1 aromatic heterocycles. The summed E-state index contributed by atoms with van der Waals surface area (Å²) in [7, 11) is 0. The molecule has 1 fully saturated rings. The van der Waals surface area contributed by atoms with E-state index in [4.69, 9.17) is 16.3 Å². The van der Waals surface area contributed by atoms with Gasteiger partial charge in [0.05, 0.1) is 19.3 Å². The number of nitrogens with zero attached hydrogens (tertiary/aromatic N) is 3. The van der Waals surface area contributed by atoms with Gasteiger partial charge in [0.2, 0.25) is 0 Å². The minimum Gasteiger partial charge on any atom is -0.493 e. The summed E-state index contributed by atoms with van der Waals surface area (Å²) in [4.78, 5) is 15.2. The summed E-state index contributed by atoms with van der Waals surface area (Å²) in [5, 5.41) is 17.8. The van der Waals surface area contributed by atoms with Gasteiger partial charge in [-0.25, -0.2) is 0 Å². The highest BCUT2D eigenvalue weighted by atomic mass is 35.5. The molecule has 1 amide bonds. The van der Waals surface area contributed by atoms with E-state index in [1.54, 1.807) is 10.7 Å². The number of rotatable bonds is 9. The highest BCUT2D eigenvalue weighted by molar-refractivity contribution is 6.30. The molecule has 192 valence electrons. The summed E-state index contributed by atoms with van der Waals surface area (Å²) in [5.41, 5.74) is 4.05. The number of hydrogen-bond acceptors (Lipinski definition) is 5. The summed E-state index contributed by atoms with van der Waals surface area (Å²) in [6.07, 6.45) is 1.48. The largest absolute Gasteiger partial charge is 0.493 e. The Morgan fingerprint density at radius 1 is 1.14 bits per heavy atom. The second kappa shape index (κ2) is 11.9. The van der Waals surface area contributed by atoms with Crippen LogP contribution in [0.3, 0.4) is 0 Å². The molecule has 0 unspecified atom stereocenters. The number of amides is 1. The lowest BCUT2D eigenvalue weighted by atomic mass is 10.1. The van der Waals surface area contributed by atoms with Gasteiger partial charge in [-0.2, -0.15) is 5.10 Å². The Hall–Kier alpha value is -2.87. The quantitative estimate of drug-likeness (QED) is 0.417. The maximum absolute atomic E-state index is 12.9. The smallest absolute Gasteiger partial charge is 0.276 e. The number of aliphatic hydroxyl groups is 1. The van der Waals surface area contributed by atoms with Gasteiger partial charge in [-0.15, -0.1) is 0 Å². The summed E-state index contributed by atoms with van der Waals surface area (Å²) in [6.45, 7) is 9.85. The molecule has 8 heteroatoms. The maximum Gasteiger partial charge on any atom is 0.276 e. The van der Waals surface area contributed by atoms with E-state index >= 15 is 0 Å². The van der Waals surface area contributed by atoms with Crippen molar-refractivity contribution in [1.82, 2.24) is 14.7 Å². The lowest BCUT2D eigenvalue weighted by Crippen LogP contribution is -2.35. The average Bonchev–Trinajstić information content (AvgIpc) is 3.21. The summed E-state index contributed by atoms with van der Waals surface area (Å²) in [6, 6.07) is 15.3. The van der Waals surface area contributed by atoms with Crippen LogP contribution in [-0.2, 0) is 13.1 Å². The summed E-state index contributed by atoms with van der Waals surface area (Å²) in [5.74, 6) is 0.926. The van der Waals surface area contributed by atoms with Crippen LogP contribution in [-0.4, -0.2) is 51.5 Å². The SMILES string of the molecule is Cc1cc(C(=O)Nc2ccc(CN3CCC(O)CC3)cc2)nn1Cc1cc(Cl)ccc1OCC(C)C. The predicted octanol–water partition coefficient (Wildman–Crippen LogP) is 5.14. The number of hydrogen-bond donors (Lipinski definition) is 2. The van der Waals surface area contributed by atoms with Crippen molar-refractivity contribution < 1.29 is 14.6 Å².